The number of hydrogen-bond donors (Lipinski definition) is 3. The molecular weight excluding hydrogens is 408 g/mol. The Hall–Kier alpha value is -3.16. The lowest BCUT2D eigenvalue weighted by molar-refractivity contribution is -0.142. The molecule has 2 aromatic rings. The monoisotopic (exact) mass is 438 g/mol. The van der Waals surface area contributed by atoms with Crippen molar-refractivity contribution in [3.8, 4) is 5.69 Å². The Bertz CT molecular complexity index is 1090. The number of amides is 1. The number of carbonyl (C=O) groups excluding carboxylic acids is 2. The molecule has 1 amide bonds. The van der Waals surface area contributed by atoms with Gasteiger partial charge in [0.1, 0.15) is 0 Å². The maximum absolute atomic E-state index is 12.7. The molecule has 32 heavy (non-hydrogen) atoms. The lowest BCUT2D eigenvalue weighted by atomic mass is 9.75. The number of primary amides is 1. The molecule has 1 aromatic carbocycles. The Labute approximate surface area is 187 Å². The number of carboxylic acid groups (broad SMARTS) is 1. The van der Waals surface area contributed by atoms with Gasteiger partial charge in [-0.2, -0.15) is 5.10 Å². The van der Waals surface area contributed by atoms with Gasteiger partial charge in [0.05, 0.1) is 34.1 Å². The van der Waals surface area contributed by atoms with Gasteiger partial charge in [0.25, 0.3) is 5.91 Å². The molecule has 0 saturated heterocycles. The SMILES string of the molecule is Cc1nn(-c2ccc(C(N)=O)c(NC3CCC(C(=O)O)CC3)c2)c2c1C(=O)CC(C)(C)C2. The van der Waals surface area contributed by atoms with Crippen molar-refractivity contribution in [2.75, 3.05) is 5.32 Å². The average Bonchev–Trinajstić information content (AvgIpc) is 3.03. The van der Waals surface area contributed by atoms with Gasteiger partial charge in [-0.15, -0.1) is 0 Å². The lowest BCUT2D eigenvalue weighted by Crippen LogP contribution is -2.30. The zero-order valence-electron chi connectivity index (χ0n) is 18.8. The van der Waals surface area contributed by atoms with Gasteiger partial charge in [0.15, 0.2) is 5.78 Å². The number of aromatic nitrogens is 2. The van der Waals surface area contributed by atoms with Gasteiger partial charge in [-0.3, -0.25) is 14.4 Å². The standard InChI is InChI=1S/C24H30N4O4/c1-13-21-19(11-24(2,3)12-20(21)29)28(27-13)16-8-9-17(22(25)30)18(10-16)26-15-6-4-14(5-7-15)23(31)32/h8-10,14-15,26H,4-7,11-12H2,1-3H3,(H2,25,30)(H,31,32). The first-order valence-corrected chi connectivity index (χ1v) is 11.1. The summed E-state index contributed by atoms with van der Waals surface area (Å²) in [7, 11) is 0. The zero-order valence-corrected chi connectivity index (χ0v) is 18.8. The van der Waals surface area contributed by atoms with Crippen LogP contribution in [0.2, 0.25) is 0 Å². The normalized spacial score (nSPS) is 22.3. The third-order valence-electron chi connectivity index (χ3n) is 6.67. The minimum atomic E-state index is -0.750. The van der Waals surface area contributed by atoms with Crippen LogP contribution in [0.4, 0.5) is 5.69 Å². The Balaban J connectivity index is 1.68. The molecule has 8 heteroatoms. The van der Waals surface area contributed by atoms with E-state index in [1.54, 1.807) is 16.8 Å². The molecule has 0 unspecified atom stereocenters. The number of anilines is 1. The van der Waals surface area contributed by atoms with Crippen LogP contribution in [0, 0.1) is 18.3 Å². The van der Waals surface area contributed by atoms with Gasteiger partial charge in [0.2, 0.25) is 0 Å². The van der Waals surface area contributed by atoms with Crippen LogP contribution in [0.1, 0.15) is 78.1 Å². The number of carbonyl (C=O) groups is 3. The highest BCUT2D eigenvalue weighted by Gasteiger charge is 2.36. The van der Waals surface area contributed by atoms with Gasteiger partial charge < -0.3 is 16.2 Å². The molecule has 1 fully saturated rings. The van der Waals surface area contributed by atoms with E-state index in [-0.39, 0.29) is 23.2 Å². The highest BCUT2D eigenvalue weighted by atomic mass is 16.4. The molecule has 0 bridgehead atoms. The summed E-state index contributed by atoms with van der Waals surface area (Å²) in [6.45, 7) is 6.01. The van der Waals surface area contributed by atoms with Crippen LogP contribution in [-0.4, -0.2) is 38.6 Å². The fraction of sp³-hybridized carbons (Fsp3) is 0.500. The number of nitrogens with two attached hydrogens (primary N) is 1. The maximum Gasteiger partial charge on any atom is 0.306 e. The van der Waals surface area contributed by atoms with E-state index in [0.717, 1.165) is 17.8 Å². The van der Waals surface area contributed by atoms with Gasteiger partial charge in [-0.1, -0.05) is 13.8 Å². The lowest BCUT2D eigenvalue weighted by Gasteiger charge is -2.29. The number of nitrogens with one attached hydrogen (secondary N) is 1. The number of ketones is 1. The molecule has 4 rings (SSSR count). The predicted octanol–water partition coefficient (Wildman–Crippen LogP) is 3.49. The number of aliphatic carboxylic acids is 1. The third-order valence-corrected chi connectivity index (χ3v) is 6.67. The van der Waals surface area contributed by atoms with E-state index in [0.29, 0.717) is 54.6 Å². The molecule has 0 spiro atoms. The van der Waals surface area contributed by atoms with Crippen molar-refractivity contribution in [1.29, 1.82) is 0 Å². The number of Topliss-reactive ketones (excluding diaryl/α,β-unsaturated/α-hetero) is 1. The van der Waals surface area contributed by atoms with Gasteiger partial charge in [-0.05, 0) is 62.6 Å². The summed E-state index contributed by atoms with van der Waals surface area (Å²) < 4.78 is 1.81. The van der Waals surface area contributed by atoms with Crippen molar-refractivity contribution in [3.05, 3.63) is 40.7 Å². The van der Waals surface area contributed by atoms with Crippen molar-refractivity contribution >= 4 is 23.3 Å². The highest BCUT2D eigenvalue weighted by molar-refractivity contribution is 6.00. The van der Waals surface area contributed by atoms with E-state index in [1.807, 2.05) is 13.0 Å². The fourth-order valence-electron chi connectivity index (χ4n) is 5.06. The second-order valence-electron chi connectivity index (χ2n) is 9.89. The van der Waals surface area contributed by atoms with Crippen LogP contribution in [0.25, 0.3) is 5.69 Å². The summed E-state index contributed by atoms with van der Waals surface area (Å²) in [5.74, 6) is -1.48. The molecule has 1 aromatic heterocycles. The van der Waals surface area contributed by atoms with Crippen molar-refractivity contribution < 1.29 is 19.5 Å². The Morgan fingerprint density at radius 2 is 1.88 bits per heavy atom. The molecule has 2 aliphatic rings. The first-order chi connectivity index (χ1) is 15.1. The minimum absolute atomic E-state index is 0.0627. The first kappa shape index (κ1) is 22.0. The van der Waals surface area contributed by atoms with E-state index in [9.17, 15) is 19.5 Å². The molecule has 2 aliphatic carbocycles. The first-order valence-electron chi connectivity index (χ1n) is 11.1. The number of fused-ring (bicyclic) bond motifs is 1. The largest absolute Gasteiger partial charge is 0.481 e. The van der Waals surface area contributed by atoms with E-state index in [2.05, 4.69) is 24.3 Å². The summed E-state index contributed by atoms with van der Waals surface area (Å²) >= 11 is 0. The van der Waals surface area contributed by atoms with Gasteiger partial charge in [0, 0.05) is 18.2 Å². The number of benzene rings is 1. The second kappa shape index (κ2) is 8.07. The summed E-state index contributed by atoms with van der Waals surface area (Å²) in [4.78, 5) is 36.0. The number of carboxylic acids is 1. The number of rotatable bonds is 5. The number of hydrogen-bond acceptors (Lipinski definition) is 5. The number of nitrogens with zero attached hydrogens (tertiary/aromatic N) is 2. The van der Waals surface area contributed by atoms with E-state index >= 15 is 0 Å². The molecule has 4 N–H and O–H groups in total. The molecule has 8 nitrogen and oxygen atoms in total. The summed E-state index contributed by atoms with van der Waals surface area (Å²) in [5.41, 5.74) is 9.51. The van der Waals surface area contributed by atoms with Crippen molar-refractivity contribution in [2.45, 2.75) is 65.3 Å². The molecular formula is C24H30N4O4. The van der Waals surface area contributed by atoms with Crippen LogP contribution in [0.5, 0.6) is 0 Å². The zero-order chi connectivity index (χ0) is 23.2. The highest BCUT2D eigenvalue weighted by Crippen LogP contribution is 2.37. The Morgan fingerprint density at radius 1 is 1.19 bits per heavy atom. The van der Waals surface area contributed by atoms with Crippen molar-refractivity contribution in [1.82, 2.24) is 9.78 Å². The Kier molecular flexibility index (Phi) is 5.56. The average molecular weight is 439 g/mol. The molecule has 170 valence electrons. The van der Waals surface area contributed by atoms with Crippen molar-refractivity contribution in [3.63, 3.8) is 0 Å². The van der Waals surface area contributed by atoms with E-state index in [1.165, 1.54) is 0 Å². The minimum Gasteiger partial charge on any atom is -0.481 e. The summed E-state index contributed by atoms with van der Waals surface area (Å²) in [6, 6.07) is 5.39. The summed E-state index contributed by atoms with van der Waals surface area (Å²) in [6.07, 6.45) is 3.84. The molecule has 0 radical (unpaired) electrons. The fourth-order valence-corrected chi connectivity index (χ4v) is 5.06. The van der Waals surface area contributed by atoms with Crippen LogP contribution < -0.4 is 11.1 Å². The molecule has 0 atom stereocenters. The topological polar surface area (TPSA) is 127 Å². The van der Waals surface area contributed by atoms with E-state index < -0.39 is 11.9 Å². The number of aryl methyl sites for hydroxylation is 1. The maximum atomic E-state index is 12.7. The Morgan fingerprint density at radius 3 is 2.50 bits per heavy atom. The quantitative estimate of drug-likeness (QED) is 0.656. The molecule has 1 heterocycles. The molecule has 1 saturated carbocycles. The second-order valence-corrected chi connectivity index (χ2v) is 9.89. The van der Waals surface area contributed by atoms with Gasteiger partial charge >= 0.3 is 5.97 Å². The van der Waals surface area contributed by atoms with Crippen LogP contribution in [0.3, 0.4) is 0 Å². The molecule has 0 aliphatic heterocycles. The van der Waals surface area contributed by atoms with Crippen LogP contribution in [-0.2, 0) is 11.2 Å². The predicted molar refractivity (Wildman–Crippen MR) is 120 cm³/mol. The smallest absolute Gasteiger partial charge is 0.306 e. The van der Waals surface area contributed by atoms with Crippen LogP contribution in [0.15, 0.2) is 18.2 Å². The summed E-state index contributed by atoms with van der Waals surface area (Å²) in [5, 5.41) is 17.3. The van der Waals surface area contributed by atoms with Gasteiger partial charge in [-0.25, -0.2) is 4.68 Å². The van der Waals surface area contributed by atoms with Crippen LogP contribution >= 0.6 is 0 Å². The third kappa shape index (κ3) is 4.13. The van der Waals surface area contributed by atoms with E-state index in [4.69, 9.17) is 5.73 Å². The van der Waals surface area contributed by atoms with Crippen molar-refractivity contribution in [2.24, 2.45) is 17.1 Å².